The Bertz CT molecular complexity index is 2440. The predicted molar refractivity (Wildman–Crippen MR) is 246 cm³/mol. The highest BCUT2D eigenvalue weighted by Gasteiger charge is 2.45. The smallest absolute Gasteiger partial charge is 0.318 e. The summed E-state index contributed by atoms with van der Waals surface area (Å²) in [6.07, 6.45) is 4.18. The summed E-state index contributed by atoms with van der Waals surface area (Å²) in [5.74, 6) is -1.58. The minimum absolute atomic E-state index is 0.0323. The molecule has 1 aliphatic heterocycles. The van der Waals surface area contributed by atoms with Crippen LogP contribution in [0.3, 0.4) is 0 Å². The van der Waals surface area contributed by atoms with Crippen molar-refractivity contribution >= 4 is 50.6 Å². The number of nitrogens with one attached hydrogen (secondary N) is 5. The maximum absolute atomic E-state index is 14.6. The second kappa shape index (κ2) is 21.2. The number of fused-ring (bicyclic) bond motifs is 1. The summed E-state index contributed by atoms with van der Waals surface area (Å²) < 4.78 is 40.6. The first kappa shape index (κ1) is 48.2. The van der Waals surface area contributed by atoms with Crippen molar-refractivity contribution in [2.45, 2.75) is 114 Å². The molecule has 348 valence electrons. The van der Waals surface area contributed by atoms with E-state index in [1.54, 1.807) is 59.1 Å². The van der Waals surface area contributed by atoms with Gasteiger partial charge in [-0.3, -0.25) is 19.2 Å². The van der Waals surface area contributed by atoms with E-state index < -0.39 is 69.5 Å². The molecule has 0 bridgehead atoms. The number of benzene rings is 3. The Morgan fingerprint density at radius 1 is 0.846 bits per heavy atom. The fraction of sp³-hybridized carbons (Fsp3) is 0.458. The van der Waals surface area contributed by atoms with Gasteiger partial charge >= 0.3 is 6.03 Å². The molecule has 1 unspecified atom stereocenters. The summed E-state index contributed by atoms with van der Waals surface area (Å²) in [5, 5.41) is 11.9. The lowest BCUT2D eigenvalue weighted by molar-refractivity contribution is -0.132. The van der Waals surface area contributed by atoms with E-state index in [9.17, 15) is 32.4 Å². The van der Waals surface area contributed by atoms with E-state index in [4.69, 9.17) is 14.5 Å². The summed E-state index contributed by atoms with van der Waals surface area (Å²) in [6.45, 7) is 7.05. The number of pyridine rings is 1. The SMILES string of the molecule is CCC[C@H](NC(=O)[C@@H]1CC(Oc2cc(-c3ccccc3)nc3cc(OC)ccc23)CN1C(=O)N[C@H](C(=O)N[C@H](C(=O)NC)C1CCCCC1)C(C)(C)C)C(=O)NS(=O)(=O)c1ccccc1. The van der Waals surface area contributed by atoms with Gasteiger partial charge in [0.1, 0.15) is 41.8 Å². The zero-order valence-corrected chi connectivity index (χ0v) is 38.7. The summed E-state index contributed by atoms with van der Waals surface area (Å²) in [5.41, 5.74) is 1.18. The highest BCUT2D eigenvalue weighted by molar-refractivity contribution is 7.90. The Balaban J connectivity index is 1.31. The standard InChI is InChI=1S/C48H61N7O9S/c1-7-17-36(43(56)54-65(61,62)34-22-15-10-16-23-34)51-44(57)39-27-33(64-40-28-37(30-18-11-8-12-19-30)50-38-26-32(63-6)24-25-35(38)40)29-55(39)47(60)53-42(48(2,3)4)46(59)52-41(45(58)49-5)31-20-13-9-14-21-31/h8,10-12,15-16,18-19,22-26,28,31,33,36,39,41-42H,7,9,13-14,17,20-21,27,29H2,1-6H3,(H,49,58)(H,51,57)(H,52,59)(H,53,60)(H,54,56)/t33?,36-,39-,41-,42+/m0/s1. The third kappa shape index (κ3) is 11.9. The lowest BCUT2D eigenvalue weighted by Crippen LogP contribution is -2.62. The van der Waals surface area contributed by atoms with Gasteiger partial charge in [0.05, 0.1) is 29.8 Å². The molecule has 2 fully saturated rings. The van der Waals surface area contributed by atoms with Crippen molar-refractivity contribution in [1.82, 2.24) is 35.9 Å². The molecule has 1 aromatic heterocycles. The number of rotatable bonds is 16. The summed E-state index contributed by atoms with van der Waals surface area (Å²) in [4.78, 5) is 76.1. The molecular formula is C48H61N7O9S. The predicted octanol–water partition coefficient (Wildman–Crippen LogP) is 5.46. The van der Waals surface area contributed by atoms with Crippen LogP contribution >= 0.6 is 0 Å². The quantitative estimate of drug-likeness (QED) is 0.0958. The molecule has 0 radical (unpaired) electrons. The Morgan fingerprint density at radius 2 is 1.52 bits per heavy atom. The first-order valence-electron chi connectivity index (χ1n) is 22.2. The average Bonchev–Trinajstić information content (AvgIpc) is 3.73. The molecule has 3 aromatic carbocycles. The highest BCUT2D eigenvalue weighted by Crippen LogP contribution is 2.35. The van der Waals surface area contributed by atoms with Crippen molar-refractivity contribution in [3.8, 4) is 22.8 Å². The van der Waals surface area contributed by atoms with E-state index in [1.807, 2.05) is 36.4 Å². The van der Waals surface area contributed by atoms with Crippen LogP contribution in [0.1, 0.15) is 79.1 Å². The highest BCUT2D eigenvalue weighted by atomic mass is 32.2. The van der Waals surface area contributed by atoms with Gasteiger partial charge in [0, 0.05) is 36.6 Å². The van der Waals surface area contributed by atoms with Crippen molar-refractivity contribution in [2.24, 2.45) is 11.3 Å². The fourth-order valence-corrected chi connectivity index (χ4v) is 9.56. The minimum Gasteiger partial charge on any atom is -0.497 e. The number of aromatic nitrogens is 1. The average molecular weight is 912 g/mol. The lowest BCUT2D eigenvalue weighted by Gasteiger charge is -2.36. The molecule has 2 heterocycles. The molecule has 4 aromatic rings. The van der Waals surface area contributed by atoms with Gasteiger partial charge in [-0.15, -0.1) is 0 Å². The number of ether oxygens (including phenoxy) is 2. The molecular weight excluding hydrogens is 851 g/mol. The maximum Gasteiger partial charge on any atom is 0.318 e. The van der Waals surface area contributed by atoms with E-state index in [0.29, 0.717) is 34.5 Å². The third-order valence-electron chi connectivity index (χ3n) is 12.0. The number of nitrogens with zero attached hydrogens (tertiary/aromatic N) is 2. The number of likely N-dealkylation sites (tertiary alicyclic amines) is 1. The molecule has 5 atom stereocenters. The normalized spacial score (nSPS) is 18.2. The van der Waals surface area contributed by atoms with Crippen LogP contribution in [0.4, 0.5) is 4.79 Å². The number of hydrogen-bond acceptors (Lipinski definition) is 10. The van der Waals surface area contributed by atoms with Crippen LogP contribution in [0.15, 0.2) is 89.8 Å². The van der Waals surface area contributed by atoms with E-state index in [-0.39, 0.29) is 36.1 Å². The van der Waals surface area contributed by atoms with Crippen molar-refractivity contribution in [2.75, 3.05) is 20.7 Å². The van der Waals surface area contributed by atoms with Gasteiger partial charge in [0.2, 0.25) is 17.7 Å². The van der Waals surface area contributed by atoms with Gasteiger partial charge in [-0.25, -0.2) is 22.9 Å². The molecule has 1 aliphatic carbocycles. The maximum atomic E-state index is 14.6. The van der Waals surface area contributed by atoms with Gasteiger partial charge in [0.15, 0.2) is 0 Å². The number of methoxy groups -OCH3 is 1. The van der Waals surface area contributed by atoms with Crippen LogP contribution in [-0.4, -0.2) is 98.9 Å². The van der Waals surface area contributed by atoms with Crippen LogP contribution in [0.5, 0.6) is 11.5 Å². The molecule has 0 spiro atoms. The third-order valence-corrected chi connectivity index (χ3v) is 13.4. The van der Waals surface area contributed by atoms with Crippen LogP contribution in [-0.2, 0) is 29.2 Å². The van der Waals surface area contributed by atoms with E-state index in [0.717, 1.165) is 37.7 Å². The second-order valence-electron chi connectivity index (χ2n) is 17.8. The minimum atomic E-state index is -4.27. The number of carbonyl (C=O) groups excluding carboxylic acids is 5. The Labute approximate surface area is 381 Å². The molecule has 1 saturated heterocycles. The Hall–Kier alpha value is -6.23. The fourth-order valence-electron chi connectivity index (χ4n) is 8.52. The Morgan fingerprint density at radius 3 is 2.15 bits per heavy atom. The van der Waals surface area contributed by atoms with Gasteiger partial charge in [-0.2, -0.15) is 0 Å². The van der Waals surface area contributed by atoms with Crippen LogP contribution in [0, 0.1) is 11.3 Å². The van der Waals surface area contributed by atoms with Crippen molar-refractivity contribution in [3.63, 3.8) is 0 Å². The zero-order chi connectivity index (χ0) is 46.9. The molecule has 65 heavy (non-hydrogen) atoms. The monoisotopic (exact) mass is 911 g/mol. The molecule has 2 aliphatic rings. The second-order valence-corrected chi connectivity index (χ2v) is 19.5. The van der Waals surface area contributed by atoms with Crippen LogP contribution < -0.4 is 35.5 Å². The Kier molecular flexibility index (Phi) is 15.7. The van der Waals surface area contributed by atoms with Crippen molar-refractivity contribution in [1.29, 1.82) is 0 Å². The van der Waals surface area contributed by atoms with Crippen LogP contribution in [0.25, 0.3) is 22.2 Å². The summed E-state index contributed by atoms with van der Waals surface area (Å²) >= 11 is 0. The molecule has 6 amide bonds. The van der Waals surface area contributed by atoms with E-state index in [1.165, 1.54) is 36.2 Å². The van der Waals surface area contributed by atoms with Gasteiger partial charge in [0.25, 0.3) is 15.9 Å². The lowest BCUT2D eigenvalue weighted by atomic mass is 9.82. The number of carbonyl (C=O) groups is 5. The number of likely N-dealkylation sites (N-methyl/N-ethyl adjacent to an activating group) is 1. The van der Waals surface area contributed by atoms with Gasteiger partial charge < -0.3 is 35.6 Å². The number of amides is 6. The van der Waals surface area contributed by atoms with E-state index in [2.05, 4.69) is 26.0 Å². The van der Waals surface area contributed by atoms with Gasteiger partial charge in [-0.1, -0.05) is 102 Å². The molecule has 6 rings (SSSR count). The van der Waals surface area contributed by atoms with Crippen molar-refractivity contribution < 1.29 is 41.9 Å². The topological polar surface area (TPSA) is 214 Å². The number of urea groups is 1. The summed E-state index contributed by atoms with van der Waals surface area (Å²) in [7, 11) is -1.19. The van der Waals surface area contributed by atoms with Crippen LogP contribution in [0.2, 0.25) is 0 Å². The zero-order valence-electron chi connectivity index (χ0n) is 37.9. The first-order valence-corrected chi connectivity index (χ1v) is 23.7. The number of hydrogen-bond donors (Lipinski definition) is 5. The molecule has 16 nitrogen and oxygen atoms in total. The van der Waals surface area contributed by atoms with Gasteiger partial charge in [-0.05, 0) is 54.9 Å². The van der Waals surface area contributed by atoms with E-state index >= 15 is 0 Å². The summed E-state index contributed by atoms with van der Waals surface area (Å²) in [6, 6.07) is 18.9. The van der Waals surface area contributed by atoms with Crippen molar-refractivity contribution in [3.05, 3.63) is 84.9 Å². The number of sulfonamides is 1. The largest absolute Gasteiger partial charge is 0.497 e. The molecule has 17 heteroatoms. The molecule has 5 N–H and O–H groups in total. The molecule has 1 saturated carbocycles. The first-order chi connectivity index (χ1) is 31.0.